The van der Waals surface area contributed by atoms with Gasteiger partial charge in [-0.1, -0.05) is 0 Å². The molecule has 0 bridgehead atoms. The lowest BCUT2D eigenvalue weighted by Crippen LogP contribution is -2.13. The third-order valence-corrected chi connectivity index (χ3v) is 3.85. The number of nitrogens with one attached hydrogen (secondary N) is 2. The number of aromatic nitrogens is 2. The Balaban J connectivity index is 1.56. The van der Waals surface area contributed by atoms with Crippen molar-refractivity contribution in [2.24, 2.45) is 0 Å². The molecule has 3 heterocycles. The molecule has 1 aliphatic rings. The fraction of sp³-hybridized carbons (Fsp3) is 0.0526. The second kappa shape index (κ2) is 6.64. The summed E-state index contributed by atoms with van der Waals surface area (Å²) in [6.45, 7) is 0. The van der Waals surface area contributed by atoms with Crippen LogP contribution in [0.2, 0.25) is 0 Å². The molecule has 0 saturated heterocycles. The van der Waals surface area contributed by atoms with E-state index in [1.807, 2.05) is 0 Å². The Labute approximate surface area is 149 Å². The van der Waals surface area contributed by atoms with Crippen molar-refractivity contribution in [1.82, 2.24) is 9.97 Å². The molecule has 0 saturated carbocycles. The molecule has 4 rings (SSSR count). The van der Waals surface area contributed by atoms with Crippen LogP contribution in [-0.4, -0.2) is 21.8 Å². The molecule has 0 aliphatic carbocycles. The number of rotatable bonds is 4. The van der Waals surface area contributed by atoms with E-state index in [0.717, 1.165) is 11.3 Å². The lowest BCUT2D eigenvalue weighted by molar-refractivity contribution is -0.115. The molecule has 0 radical (unpaired) electrons. The maximum Gasteiger partial charge on any atom is 0.261 e. The Hall–Kier alpha value is -3.74. The lowest BCUT2D eigenvalue weighted by atomic mass is 10.1. The third kappa shape index (κ3) is 3.23. The molecule has 7 nitrogen and oxygen atoms in total. The Morgan fingerprint density at radius 2 is 2.04 bits per heavy atom. The highest BCUT2D eigenvalue weighted by Crippen LogP contribution is 2.27. The molecular formula is C19H14N4O3. The first-order valence-corrected chi connectivity index (χ1v) is 7.96. The van der Waals surface area contributed by atoms with Gasteiger partial charge in [-0.2, -0.15) is 0 Å². The standard InChI is InChI=1S/C19H14N4O3/c24-17-10-12-9-13(5-6-16(12)23-17)22-18(25)15-4-2-8-21-19(15)26-14-3-1-7-20-11-14/h1-9,11H,10H2,(H,22,25)(H,23,24). The zero-order valence-corrected chi connectivity index (χ0v) is 13.6. The molecule has 0 fully saturated rings. The summed E-state index contributed by atoms with van der Waals surface area (Å²) in [7, 11) is 0. The van der Waals surface area contributed by atoms with E-state index in [9.17, 15) is 9.59 Å². The lowest BCUT2D eigenvalue weighted by Gasteiger charge is -2.10. The number of ether oxygens (including phenoxy) is 1. The van der Waals surface area contributed by atoms with Crippen molar-refractivity contribution in [3.63, 3.8) is 0 Å². The van der Waals surface area contributed by atoms with Gasteiger partial charge in [0.15, 0.2) is 0 Å². The van der Waals surface area contributed by atoms with Gasteiger partial charge in [-0.15, -0.1) is 0 Å². The van der Waals surface area contributed by atoms with E-state index in [-0.39, 0.29) is 17.7 Å². The van der Waals surface area contributed by atoms with Gasteiger partial charge in [0.05, 0.1) is 12.6 Å². The predicted octanol–water partition coefficient (Wildman–Crippen LogP) is 3.02. The molecule has 26 heavy (non-hydrogen) atoms. The first kappa shape index (κ1) is 15.8. The maximum absolute atomic E-state index is 12.7. The molecule has 2 amide bonds. The van der Waals surface area contributed by atoms with E-state index < -0.39 is 0 Å². The van der Waals surface area contributed by atoms with E-state index >= 15 is 0 Å². The van der Waals surface area contributed by atoms with E-state index in [2.05, 4.69) is 20.6 Å². The van der Waals surface area contributed by atoms with Crippen LogP contribution in [0.4, 0.5) is 11.4 Å². The number of pyridine rings is 2. The van der Waals surface area contributed by atoms with Gasteiger partial charge in [-0.3, -0.25) is 14.6 Å². The molecule has 0 unspecified atom stereocenters. The van der Waals surface area contributed by atoms with Gasteiger partial charge in [0, 0.05) is 23.8 Å². The van der Waals surface area contributed by atoms with Crippen LogP contribution in [0.3, 0.4) is 0 Å². The van der Waals surface area contributed by atoms with Crippen molar-refractivity contribution in [2.75, 3.05) is 10.6 Å². The maximum atomic E-state index is 12.7. The van der Waals surface area contributed by atoms with Crippen molar-refractivity contribution in [3.8, 4) is 11.6 Å². The predicted molar refractivity (Wildman–Crippen MR) is 95.3 cm³/mol. The molecule has 1 aromatic carbocycles. The number of hydrogen-bond donors (Lipinski definition) is 2. The number of anilines is 2. The van der Waals surface area contributed by atoms with Gasteiger partial charge in [-0.05, 0) is 48.0 Å². The summed E-state index contributed by atoms with van der Waals surface area (Å²) in [4.78, 5) is 32.2. The average molecular weight is 346 g/mol. The second-order valence-corrected chi connectivity index (χ2v) is 5.70. The normalized spacial score (nSPS) is 12.2. The summed E-state index contributed by atoms with van der Waals surface area (Å²) in [5, 5.41) is 5.57. The minimum absolute atomic E-state index is 0.0529. The number of fused-ring (bicyclic) bond motifs is 1. The Bertz CT molecular complexity index is 989. The van der Waals surface area contributed by atoms with Gasteiger partial charge in [-0.25, -0.2) is 4.98 Å². The van der Waals surface area contributed by atoms with Gasteiger partial charge in [0.25, 0.3) is 5.91 Å². The molecule has 7 heteroatoms. The van der Waals surface area contributed by atoms with Crippen LogP contribution in [0, 0.1) is 0 Å². The van der Waals surface area contributed by atoms with E-state index in [1.54, 1.807) is 61.1 Å². The summed E-state index contributed by atoms with van der Waals surface area (Å²) < 4.78 is 5.67. The van der Waals surface area contributed by atoms with Crippen LogP contribution in [0.25, 0.3) is 0 Å². The van der Waals surface area contributed by atoms with E-state index in [0.29, 0.717) is 23.4 Å². The van der Waals surface area contributed by atoms with Gasteiger partial charge in [0.2, 0.25) is 11.8 Å². The second-order valence-electron chi connectivity index (χ2n) is 5.70. The van der Waals surface area contributed by atoms with Crippen molar-refractivity contribution in [2.45, 2.75) is 6.42 Å². The number of hydrogen-bond acceptors (Lipinski definition) is 5. The molecular weight excluding hydrogens is 332 g/mol. The number of carbonyl (C=O) groups is 2. The number of benzene rings is 1. The van der Waals surface area contributed by atoms with Crippen molar-refractivity contribution in [3.05, 3.63) is 72.2 Å². The topological polar surface area (TPSA) is 93.2 Å². The van der Waals surface area contributed by atoms with Crippen molar-refractivity contribution < 1.29 is 14.3 Å². The fourth-order valence-corrected chi connectivity index (χ4v) is 2.67. The molecule has 2 N–H and O–H groups in total. The van der Waals surface area contributed by atoms with E-state index in [4.69, 9.17) is 4.74 Å². The Morgan fingerprint density at radius 1 is 1.15 bits per heavy atom. The smallest absolute Gasteiger partial charge is 0.261 e. The minimum Gasteiger partial charge on any atom is -0.437 e. The van der Waals surface area contributed by atoms with Gasteiger partial charge < -0.3 is 15.4 Å². The van der Waals surface area contributed by atoms with Crippen LogP contribution >= 0.6 is 0 Å². The van der Waals surface area contributed by atoms with Crippen LogP contribution in [0.15, 0.2) is 61.1 Å². The molecule has 128 valence electrons. The van der Waals surface area contributed by atoms with Crippen LogP contribution in [0.5, 0.6) is 11.6 Å². The molecule has 0 spiro atoms. The summed E-state index contributed by atoms with van der Waals surface area (Å²) in [5.41, 5.74) is 2.52. The Morgan fingerprint density at radius 3 is 2.88 bits per heavy atom. The highest BCUT2D eigenvalue weighted by molar-refractivity contribution is 6.06. The fourth-order valence-electron chi connectivity index (χ4n) is 2.67. The first-order valence-electron chi connectivity index (χ1n) is 7.96. The van der Waals surface area contributed by atoms with Gasteiger partial charge in [0.1, 0.15) is 11.3 Å². The minimum atomic E-state index is -0.353. The molecule has 2 aromatic heterocycles. The van der Waals surface area contributed by atoms with Crippen molar-refractivity contribution >= 4 is 23.2 Å². The summed E-state index contributed by atoms with van der Waals surface area (Å²) in [5.74, 6) is 0.274. The number of carbonyl (C=O) groups excluding carboxylic acids is 2. The average Bonchev–Trinajstić information content (AvgIpc) is 3.02. The monoisotopic (exact) mass is 346 g/mol. The van der Waals surface area contributed by atoms with Gasteiger partial charge >= 0.3 is 0 Å². The SMILES string of the molecule is O=C1Cc2cc(NC(=O)c3cccnc3Oc3cccnc3)ccc2N1. The first-order chi connectivity index (χ1) is 12.7. The highest BCUT2D eigenvalue weighted by Gasteiger charge is 2.19. The van der Waals surface area contributed by atoms with Crippen LogP contribution in [-0.2, 0) is 11.2 Å². The number of amides is 2. The summed E-state index contributed by atoms with van der Waals surface area (Å²) in [6.07, 6.45) is 5.03. The summed E-state index contributed by atoms with van der Waals surface area (Å²) >= 11 is 0. The largest absolute Gasteiger partial charge is 0.437 e. The van der Waals surface area contributed by atoms with E-state index in [1.165, 1.54) is 0 Å². The van der Waals surface area contributed by atoms with Crippen LogP contribution in [0.1, 0.15) is 15.9 Å². The zero-order chi connectivity index (χ0) is 17.9. The Kier molecular flexibility index (Phi) is 4.03. The summed E-state index contributed by atoms with van der Waals surface area (Å²) in [6, 6.07) is 12.0. The third-order valence-electron chi connectivity index (χ3n) is 3.85. The molecule has 3 aromatic rings. The molecule has 0 atom stereocenters. The number of nitrogens with zero attached hydrogens (tertiary/aromatic N) is 2. The van der Waals surface area contributed by atoms with Crippen molar-refractivity contribution in [1.29, 1.82) is 0 Å². The quantitative estimate of drug-likeness (QED) is 0.757. The highest BCUT2D eigenvalue weighted by atomic mass is 16.5. The van der Waals surface area contributed by atoms with Crippen LogP contribution < -0.4 is 15.4 Å². The zero-order valence-electron chi connectivity index (χ0n) is 13.6. The molecule has 1 aliphatic heterocycles.